The van der Waals surface area contributed by atoms with Gasteiger partial charge in [0.25, 0.3) is 5.79 Å². The van der Waals surface area contributed by atoms with Gasteiger partial charge in [-0.05, 0) is 23.8 Å². The van der Waals surface area contributed by atoms with Crippen molar-refractivity contribution in [1.29, 1.82) is 5.26 Å². The van der Waals surface area contributed by atoms with Crippen molar-refractivity contribution in [2.24, 2.45) is 0 Å². The van der Waals surface area contributed by atoms with E-state index < -0.39 is 17.7 Å². The fourth-order valence-corrected chi connectivity index (χ4v) is 1.60. The Balaban J connectivity index is 2.30. The summed E-state index contributed by atoms with van der Waals surface area (Å²) >= 11 is 0. The average molecular weight is 257 g/mol. The van der Waals surface area contributed by atoms with Crippen LogP contribution in [0.2, 0.25) is 0 Å². The molecule has 1 aliphatic heterocycles. The Morgan fingerprint density at radius 1 is 1.11 bits per heavy atom. The summed E-state index contributed by atoms with van der Waals surface area (Å²) < 4.78 is 9.94. The zero-order valence-corrected chi connectivity index (χ0v) is 10.5. The van der Waals surface area contributed by atoms with Gasteiger partial charge >= 0.3 is 11.9 Å². The third-order valence-corrected chi connectivity index (χ3v) is 2.47. The molecule has 1 saturated heterocycles. The third kappa shape index (κ3) is 2.80. The predicted octanol–water partition coefficient (Wildman–Crippen LogP) is 1.78. The zero-order valence-electron chi connectivity index (χ0n) is 10.5. The molecule has 1 aliphatic rings. The van der Waals surface area contributed by atoms with E-state index in [1.807, 2.05) is 6.07 Å². The van der Waals surface area contributed by atoms with Gasteiger partial charge < -0.3 is 9.47 Å². The molecular weight excluding hydrogens is 246 g/mol. The fraction of sp³-hybridized carbons (Fsp3) is 0.214. The van der Waals surface area contributed by atoms with Crippen LogP contribution in [0.1, 0.15) is 25.0 Å². The van der Waals surface area contributed by atoms with E-state index in [1.165, 1.54) is 19.9 Å². The second-order valence-electron chi connectivity index (χ2n) is 4.47. The van der Waals surface area contributed by atoms with E-state index >= 15 is 0 Å². The van der Waals surface area contributed by atoms with Crippen LogP contribution in [0, 0.1) is 11.3 Å². The molecule has 96 valence electrons. The van der Waals surface area contributed by atoms with E-state index in [4.69, 9.17) is 14.7 Å². The van der Waals surface area contributed by atoms with Gasteiger partial charge in [-0.25, -0.2) is 9.59 Å². The molecular formula is C14H11NO4. The summed E-state index contributed by atoms with van der Waals surface area (Å²) in [7, 11) is 0. The van der Waals surface area contributed by atoms with Gasteiger partial charge in [0.1, 0.15) is 5.57 Å². The number of esters is 2. The number of hydrogen-bond donors (Lipinski definition) is 0. The van der Waals surface area contributed by atoms with Gasteiger partial charge in [-0.3, -0.25) is 0 Å². The average Bonchev–Trinajstić information content (AvgIpc) is 2.33. The number of benzene rings is 1. The predicted molar refractivity (Wildman–Crippen MR) is 65.4 cm³/mol. The molecule has 0 N–H and O–H groups in total. The first-order chi connectivity index (χ1) is 8.91. The zero-order chi connectivity index (χ0) is 14.0. The molecule has 1 aromatic carbocycles. The van der Waals surface area contributed by atoms with Crippen molar-refractivity contribution in [2.75, 3.05) is 0 Å². The molecule has 0 spiro atoms. The van der Waals surface area contributed by atoms with Crippen molar-refractivity contribution in [3.8, 4) is 6.07 Å². The lowest BCUT2D eigenvalue weighted by Crippen LogP contribution is -2.41. The molecule has 0 aliphatic carbocycles. The summed E-state index contributed by atoms with van der Waals surface area (Å²) in [6, 6.07) is 8.43. The van der Waals surface area contributed by atoms with E-state index in [-0.39, 0.29) is 5.57 Å². The van der Waals surface area contributed by atoms with Crippen LogP contribution in [-0.2, 0) is 19.1 Å². The number of carbonyl (C=O) groups excluding carboxylic acids is 2. The number of cyclic esters (lactones) is 2. The van der Waals surface area contributed by atoms with E-state index in [2.05, 4.69) is 0 Å². The minimum atomic E-state index is -1.24. The molecule has 5 heteroatoms. The second kappa shape index (κ2) is 4.58. The molecule has 0 bridgehead atoms. The van der Waals surface area contributed by atoms with Crippen LogP contribution in [-0.4, -0.2) is 17.7 Å². The van der Waals surface area contributed by atoms with E-state index in [0.29, 0.717) is 11.1 Å². The van der Waals surface area contributed by atoms with Crippen molar-refractivity contribution >= 4 is 18.0 Å². The van der Waals surface area contributed by atoms with Crippen LogP contribution >= 0.6 is 0 Å². The highest BCUT2D eigenvalue weighted by Gasteiger charge is 2.38. The summed E-state index contributed by atoms with van der Waals surface area (Å²) in [6.07, 6.45) is 1.38. The largest absolute Gasteiger partial charge is 0.419 e. The second-order valence-corrected chi connectivity index (χ2v) is 4.47. The first kappa shape index (κ1) is 12.8. The molecule has 1 heterocycles. The summed E-state index contributed by atoms with van der Waals surface area (Å²) in [6.45, 7) is 2.97. The minimum Gasteiger partial charge on any atom is -0.419 e. The molecule has 0 atom stereocenters. The molecule has 19 heavy (non-hydrogen) atoms. The lowest BCUT2D eigenvalue weighted by molar-refractivity contribution is -0.222. The van der Waals surface area contributed by atoms with E-state index in [9.17, 15) is 9.59 Å². The van der Waals surface area contributed by atoms with E-state index in [0.717, 1.165) is 0 Å². The maximum atomic E-state index is 11.7. The first-order valence-corrected chi connectivity index (χ1v) is 5.60. The Labute approximate surface area is 110 Å². The Hall–Kier alpha value is -2.61. The van der Waals surface area contributed by atoms with Crippen LogP contribution in [0.4, 0.5) is 0 Å². The van der Waals surface area contributed by atoms with Crippen LogP contribution < -0.4 is 0 Å². The summed E-state index contributed by atoms with van der Waals surface area (Å²) in [5.74, 6) is -2.67. The van der Waals surface area contributed by atoms with Crippen molar-refractivity contribution < 1.29 is 19.1 Å². The van der Waals surface area contributed by atoms with Crippen LogP contribution in [0.5, 0.6) is 0 Å². The number of carbonyl (C=O) groups is 2. The van der Waals surface area contributed by atoms with Gasteiger partial charge in [0.05, 0.1) is 11.6 Å². The molecule has 0 radical (unpaired) electrons. The third-order valence-electron chi connectivity index (χ3n) is 2.47. The van der Waals surface area contributed by atoms with E-state index in [1.54, 1.807) is 24.3 Å². The van der Waals surface area contributed by atoms with Crippen molar-refractivity contribution in [3.05, 3.63) is 41.0 Å². The summed E-state index contributed by atoms with van der Waals surface area (Å²) in [5, 5.41) is 8.68. The lowest BCUT2D eigenvalue weighted by Gasteiger charge is -2.29. The quantitative estimate of drug-likeness (QED) is 0.435. The molecule has 0 aromatic heterocycles. The Morgan fingerprint density at radius 3 is 2.11 bits per heavy atom. The maximum Gasteiger partial charge on any atom is 0.348 e. The molecule has 5 nitrogen and oxygen atoms in total. The topological polar surface area (TPSA) is 76.4 Å². The summed E-state index contributed by atoms with van der Waals surface area (Å²) in [4.78, 5) is 23.4. The molecule has 0 unspecified atom stereocenters. The van der Waals surface area contributed by atoms with Crippen molar-refractivity contribution in [2.45, 2.75) is 19.6 Å². The SMILES string of the molecule is CC1(C)OC(=O)C(=Cc2ccc(C#N)cc2)C(=O)O1. The monoisotopic (exact) mass is 257 g/mol. The molecule has 1 aromatic rings. The van der Waals surface area contributed by atoms with Gasteiger partial charge in [-0.2, -0.15) is 5.26 Å². The van der Waals surface area contributed by atoms with Crippen molar-refractivity contribution in [3.63, 3.8) is 0 Å². The van der Waals surface area contributed by atoms with Crippen LogP contribution in [0.25, 0.3) is 6.08 Å². The minimum absolute atomic E-state index is 0.163. The normalized spacial score (nSPS) is 17.2. The standard InChI is InChI=1S/C14H11NO4/c1-14(2)18-12(16)11(13(17)19-14)7-9-3-5-10(8-15)6-4-9/h3-7H,1-2H3. The highest BCUT2D eigenvalue weighted by atomic mass is 16.7. The molecule has 2 rings (SSSR count). The summed E-state index contributed by atoms with van der Waals surface area (Å²) in [5.41, 5.74) is 0.948. The molecule has 1 fully saturated rings. The number of hydrogen-bond acceptors (Lipinski definition) is 5. The lowest BCUT2D eigenvalue weighted by atomic mass is 10.1. The maximum absolute atomic E-state index is 11.7. The Morgan fingerprint density at radius 2 is 1.63 bits per heavy atom. The van der Waals surface area contributed by atoms with Gasteiger partial charge in [0, 0.05) is 13.8 Å². The highest BCUT2D eigenvalue weighted by molar-refractivity contribution is 6.18. The Kier molecular flexibility index (Phi) is 3.09. The number of rotatable bonds is 1. The molecule has 0 amide bonds. The Bertz CT molecular complexity index is 583. The number of ether oxygens (including phenoxy) is 2. The number of nitriles is 1. The van der Waals surface area contributed by atoms with Gasteiger partial charge in [0.2, 0.25) is 0 Å². The van der Waals surface area contributed by atoms with Gasteiger partial charge in [-0.1, -0.05) is 12.1 Å². The number of nitrogens with zero attached hydrogens (tertiary/aromatic N) is 1. The fourth-order valence-electron chi connectivity index (χ4n) is 1.60. The van der Waals surface area contributed by atoms with Crippen LogP contribution in [0.15, 0.2) is 29.8 Å². The van der Waals surface area contributed by atoms with Gasteiger partial charge in [0.15, 0.2) is 0 Å². The molecule has 0 saturated carbocycles. The first-order valence-electron chi connectivity index (χ1n) is 5.60. The van der Waals surface area contributed by atoms with Crippen molar-refractivity contribution in [1.82, 2.24) is 0 Å². The van der Waals surface area contributed by atoms with Gasteiger partial charge in [-0.15, -0.1) is 0 Å². The highest BCUT2D eigenvalue weighted by Crippen LogP contribution is 2.24. The van der Waals surface area contributed by atoms with Crippen LogP contribution in [0.3, 0.4) is 0 Å². The smallest absolute Gasteiger partial charge is 0.348 e.